The van der Waals surface area contributed by atoms with Crippen molar-refractivity contribution in [2.75, 3.05) is 6.61 Å². The third kappa shape index (κ3) is 3.06. The van der Waals surface area contributed by atoms with Gasteiger partial charge in [0.25, 0.3) is 0 Å². The number of hydrogen-bond donors (Lipinski definition) is 2. The Labute approximate surface area is 89.1 Å². The highest BCUT2D eigenvalue weighted by Gasteiger charge is 2.17. The molecule has 0 aromatic carbocycles. The van der Waals surface area contributed by atoms with Gasteiger partial charge < -0.3 is 10.4 Å². The molecule has 2 atom stereocenters. The Morgan fingerprint density at radius 3 is 2.87 bits per heavy atom. The molecule has 0 saturated carbocycles. The van der Waals surface area contributed by atoms with E-state index in [1.165, 1.54) is 0 Å². The molecule has 0 bridgehead atoms. The molecule has 0 aliphatic heterocycles. The van der Waals surface area contributed by atoms with E-state index in [2.05, 4.69) is 10.4 Å². The van der Waals surface area contributed by atoms with Crippen LogP contribution in [0, 0.1) is 0 Å². The van der Waals surface area contributed by atoms with Crippen LogP contribution in [-0.2, 0) is 4.79 Å². The van der Waals surface area contributed by atoms with Gasteiger partial charge in [-0.1, -0.05) is 6.92 Å². The van der Waals surface area contributed by atoms with Crippen LogP contribution in [0.1, 0.15) is 26.3 Å². The highest BCUT2D eigenvalue weighted by molar-refractivity contribution is 5.80. The molecule has 0 aliphatic rings. The number of carbonyl (C=O) groups excluding carboxylic acids is 1. The number of rotatable bonds is 5. The summed E-state index contributed by atoms with van der Waals surface area (Å²) in [6, 6.07) is 1.25. The average molecular weight is 211 g/mol. The number of amides is 1. The number of aliphatic hydroxyl groups excluding tert-OH is 1. The molecule has 1 amide bonds. The van der Waals surface area contributed by atoms with E-state index in [0.717, 1.165) is 0 Å². The van der Waals surface area contributed by atoms with Crippen LogP contribution in [0.2, 0.25) is 0 Å². The van der Waals surface area contributed by atoms with Crippen molar-refractivity contribution in [3.63, 3.8) is 0 Å². The van der Waals surface area contributed by atoms with Crippen molar-refractivity contribution in [3.05, 3.63) is 18.5 Å². The number of nitrogens with zero attached hydrogens (tertiary/aromatic N) is 2. The second kappa shape index (κ2) is 5.50. The fraction of sp³-hybridized carbons (Fsp3) is 0.600. The SMILES string of the molecule is CCC(CO)NC(=O)C(C)n1cccn1. The van der Waals surface area contributed by atoms with Gasteiger partial charge in [-0.25, -0.2) is 0 Å². The first kappa shape index (κ1) is 11.7. The Morgan fingerprint density at radius 2 is 2.40 bits per heavy atom. The summed E-state index contributed by atoms with van der Waals surface area (Å²) in [4.78, 5) is 11.7. The number of hydrogen-bond acceptors (Lipinski definition) is 3. The Morgan fingerprint density at radius 1 is 1.67 bits per heavy atom. The standard InChI is InChI=1S/C10H17N3O2/c1-3-9(7-14)12-10(15)8(2)13-6-4-5-11-13/h4-6,8-9,14H,3,7H2,1-2H3,(H,12,15). The van der Waals surface area contributed by atoms with Gasteiger partial charge in [-0.3, -0.25) is 9.48 Å². The van der Waals surface area contributed by atoms with Crippen LogP contribution in [0.3, 0.4) is 0 Å². The molecule has 1 aromatic heterocycles. The molecule has 2 unspecified atom stereocenters. The molecule has 5 heteroatoms. The molecule has 0 saturated heterocycles. The first-order valence-electron chi connectivity index (χ1n) is 5.09. The molecule has 1 heterocycles. The van der Waals surface area contributed by atoms with Gasteiger partial charge in [-0.2, -0.15) is 5.10 Å². The lowest BCUT2D eigenvalue weighted by Gasteiger charge is -2.18. The van der Waals surface area contributed by atoms with Crippen molar-refractivity contribution in [2.24, 2.45) is 0 Å². The van der Waals surface area contributed by atoms with Crippen molar-refractivity contribution in [1.82, 2.24) is 15.1 Å². The Kier molecular flexibility index (Phi) is 4.30. The predicted octanol–water partition coefficient (Wildman–Crippen LogP) is 0.331. The minimum Gasteiger partial charge on any atom is -0.394 e. The summed E-state index contributed by atoms with van der Waals surface area (Å²) in [5.41, 5.74) is 0. The maximum Gasteiger partial charge on any atom is 0.244 e. The summed E-state index contributed by atoms with van der Waals surface area (Å²) >= 11 is 0. The fourth-order valence-electron chi connectivity index (χ4n) is 1.23. The molecular weight excluding hydrogens is 194 g/mol. The number of aromatic nitrogens is 2. The number of aliphatic hydroxyl groups is 1. The van der Waals surface area contributed by atoms with Gasteiger partial charge in [-0.05, 0) is 19.4 Å². The van der Waals surface area contributed by atoms with Gasteiger partial charge in [0.15, 0.2) is 0 Å². The normalized spacial score (nSPS) is 14.6. The third-order valence-electron chi connectivity index (χ3n) is 2.36. The minimum atomic E-state index is -0.347. The zero-order valence-electron chi connectivity index (χ0n) is 9.05. The van der Waals surface area contributed by atoms with E-state index in [4.69, 9.17) is 5.11 Å². The fourth-order valence-corrected chi connectivity index (χ4v) is 1.23. The van der Waals surface area contributed by atoms with Crippen molar-refractivity contribution in [1.29, 1.82) is 0 Å². The quantitative estimate of drug-likeness (QED) is 0.737. The van der Waals surface area contributed by atoms with E-state index < -0.39 is 0 Å². The van der Waals surface area contributed by atoms with E-state index in [9.17, 15) is 4.79 Å². The summed E-state index contributed by atoms with van der Waals surface area (Å²) in [6.45, 7) is 3.65. The number of carbonyl (C=O) groups is 1. The zero-order chi connectivity index (χ0) is 11.3. The highest BCUT2D eigenvalue weighted by Crippen LogP contribution is 2.04. The zero-order valence-corrected chi connectivity index (χ0v) is 9.05. The molecule has 2 N–H and O–H groups in total. The Hall–Kier alpha value is -1.36. The average Bonchev–Trinajstić information content (AvgIpc) is 2.77. The minimum absolute atomic E-state index is 0.0337. The van der Waals surface area contributed by atoms with Gasteiger partial charge in [0.1, 0.15) is 6.04 Å². The molecular formula is C10H17N3O2. The predicted molar refractivity (Wildman–Crippen MR) is 56.2 cm³/mol. The second-order valence-electron chi connectivity index (χ2n) is 3.46. The smallest absolute Gasteiger partial charge is 0.244 e. The van der Waals surface area contributed by atoms with Crippen LogP contribution in [0.25, 0.3) is 0 Å². The summed E-state index contributed by atoms with van der Waals surface area (Å²) < 4.78 is 1.58. The summed E-state index contributed by atoms with van der Waals surface area (Å²) in [5, 5.41) is 15.7. The number of nitrogens with one attached hydrogen (secondary N) is 1. The summed E-state index contributed by atoms with van der Waals surface area (Å²) in [5.74, 6) is -0.125. The van der Waals surface area contributed by atoms with Gasteiger partial charge in [0.2, 0.25) is 5.91 Å². The summed E-state index contributed by atoms with van der Waals surface area (Å²) in [7, 11) is 0. The molecule has 1 aromatic rings. The van der Waals surface area contributed by atoms with Crippen molar-refractivity contribution < 1.29 is 9.90 Å². The van der Waals surface area contributed by atoms with Crippen LogP contribution in [-0.4, -0.2) is 33.4 Å². The molecule has 1 rings (SSSR count). The van der Waals surface area contributed by atoms with Crippen LogP contribution in [0.4, 0.5) is 0 Å². The van der Waals surface area contributed by atoms with Crippen LogP contribution in [0.5, 0.6) is 0 Å². The van der Waals surface area contributed by atoms with Gasteiger partial charge in [-0.15, -0.1) is 0 Å². The van der Waals surface area contributed by atoms with Crippen molar-refractivity contribution in [2.45, 2.75) is 32.4 Å². The lowest BCUT2D eigenvalue weighted by atomic mass is 10.2. The van der Waals surface area contributed by atoms with Crippen molar-refractivity contribution in [3.8, 4) is 0 Å². The molecule has 0 aliphatic carbocycles. The molecule has 0 fully saturated rings. The monoisotopic (exact) mass is 211 g/mol. The van der Waals surface area contributed by atoms with Crippen LogP contribution >= 0.6 is 0 Å². The van der Waals surface area contributed by atoms with Crippen LogP contribution in [0.15, 0.2) is 18.5 Å². The molecule has 5 nitrogen and oxygen atoms in total. The molecule has 15 heavy (non-hydrogen) atoms. The van der Waals surface area contributed by atoms with E-state index >= 15 is 0 Å². The molecule has 84 valence electrons. The second-order valence-corrected chi connectivity index (χ2v) is 3.46. The molecule has 0 spiro atoms. The van der Waals surface area contributed by atoms with Gasteiger partial charge in [0, 0.05) is 12.4 Å². The maximum absolute atomic E-state index is 11.7. The maximum atomic E-state index is 11.7. The largest absolute Gasteiger partial charge is 0.394 e. The van der Waals surface area contributed by atoms with Gasteiger partial charge >= 0.3 is 0 Å². The van der Waals surface area contributed by atoms with Gasteiger partial charge in [0.05, 0.1) is 12.6 Å². The Bertz CT molecular complexity index is 294. The van der Waals surface area contributed by atoms with E-state index in [1.54, 1.807) is 30.1 Å². The lowest BCUT2D eigenvalue weighted by molar-refractivity contribution is -0.125. The first-order valence-corrected chi connectivity index (χ1v) is 5.09. The van der Waals surface area contributed by atoms with E-state index in [0.29, 0.717) is 6.42 Å². The molecule has 0 radical (unpaired) electrons. The highest BCUT2D eigenvalue weighted by atomic mass is 16.3. The third-order valence-corrected chi connectivity index (χ3v) is 2.36. The topological polar surface area (TPSA) is 67.2 Å². The lowest BCUT2D eigenvalue weighted by Crippen LogP contribution is -2.40. The van der Waals surface area contributed by atoms with E-state index in [1.807, 2.05) is 6.92 Å². The first-order chi connectivity index (χ1) is 7.19. The van der Waals surface area contributed by atoms with E-state index in [-0.39, 0.29) is 24.6 Å². The Balaban J connectivity index is 2.53. The van der Waals surface area contributed by atoms with Crippen LogP contribution < -0.4 is 5.32 Å². The summed E-state index contributed by atoms with van der Waals surface area (Å²) in [6.07, 6.45) is 4.09. The van der Waals surface area contributed by atoms with Crippen molar-refractivity contribution >= 4 is 5.91 Å².